The van der Waals surface area contributed by atoms with Crippen molar-refractivity contribution in [3.63, 3.8) is 0 Å². The first kappa shape index (κ1) is 31.5. The molecule has 3 aromatic rings. The topological polar surface area (TPSA) is 96.0 Å². The van der Waals surface area contributed by atoms with Crippen LogP contribution in [0.15, 0.2) is 71.6 Å². The van der Waals surface area contributed by atoms with Crippen LogP contribution in [0.3, 0.4) is 0 Å². The molecular weight excluding hydrogens is 597 g/mol. The van der Waals surface area contributed by atoms with E-state index in [0.717, 1.165) is 4.31 Å². The van der Waals surface area contributed by atoms with E-state index in [4.69, 9.17) is 39.5 Å². The molecule has 2 amide bonds. The number of carbonyl (C=O) groups excluding carboxylic acids is 2. The molecule has 214 valence electrons. The van der Waals surface area contributed by atoms with Crippen LogP contribution in [0.1, 0.15) is 26.3 Å². The van der Waals surface area contributed by atoms with Crippen LogP contribution < -0.4 is 14.4 Å². The van der Waals surface area contributed by atoms with Gasteiger partial charge in [-0.3, -0.25) is 13.9 Å². The van der Waals surface area contributed by atoms with E-state index in [-0.39, 0.29) is 23.0 Å². The summed E-state index contributed by atoms with van der Waals surface area (Å²) in [6.45, 7) is 5.39. The summed E-state index contributed by atoms with van der Waals surface area (Å²) in [6.07, 6.45) is 0. The number of amides is 2. The minimum atomic E-state index is -4.22. The molecule has 3 rings (SSSR count). The quantitative estimate of drug-likeness (QED) is 0.274. The van der Waals surface area contributed by atoms with E-state index >= 15 is 0 Å². The molecular formula is C28H30Cl3N3O5S. The van der Waals surface area contributed by atoms with Gasteiger partial charge in [0.15, 0.2) is 0 Å². The Morgan fingerprint density at radius 3 is 2.15 bits per heavy atom. The fourth-order valence-corrected chi connectivity index (χ4v) is 5.74. The lowest BCUT2D eigenvalue weighted by atomic mass is 10.1. The van der Waals surface area contributed by atoms with Gasteiger partial charge in [-0.1, -0.05) is 40.9 Å². The van der Waals surface area contributed by atoms with E-state index < -0.39 is 28.5 Å². The lowest BCUT2D eigenvalue weighted by molar-refractivity contribution is -0.139. The first-order valence-electron chi connectivity index (χ1n) is 12.5. The van der Waals surface area contributed by atoms with Crippen LogP contribution in [-0.2, 0) is 26.2 Å². The summed E-state index contributed by atoms with van der Waals surface area (Å²) in [5.41, 5.74) is 0.860. The number of ether oxygens (including phenoxy) is 1. The van der Waals surface area contributed by atoms with Gasteiger partial charge in [-0.05, 0) is 87.0 Å². The zero-order valence-electron chi connectivity index (χ0n) is 22.2. The zero-order chi connectivity index (χ0) is 29.4. The van der Waals surface area contributed by atoms with Crippen molar-refractivity contribution in [1.29, 1.82) is 0 Å². The molecule has 3 aromatic carbocycles. The highest BCUT2D eigenvalue weighted by Gasteiger charge is 2.32. The lowest BCUT2D eigenvalue weighted by Crippen LogP contribution is -2.51. The van der Waals surface area contributed by atoms with Crippen LogP contribution in [0, 0.1) is 0 Å². The number of nitrogens with zero attached hydrogens (tertiary/aromatic N) is 2. The molecule has 0 heterocycles. The van der Waals surface area contributed by atoms with E-state index in [1.165, 1.54) is 29.2 Å². The number of benzene rings is 3. The molecule has 0 aliphatic rings. The van der Waals surface area contributed by atoms with Gasteiger partial charge >= 0.3 is 0 Å². The van der Waals surface area contributed by atoms with Crippen molar-refractivity contribution < 1.29 is 22.7 Å². The predicted octanol–water partition coefficient (Wildman–Crippen LogP) is 5.79. The van der Waals surface area contributed by atoms with E-state index in [2.05, 4.69) is 5.32 Å². The van der Waals surface area contributed by atoms with Crippen molar-refractivity contribution >= 4 is 62.3 Å². The smallest absolute Gasteiger partial charge is 0.264 e. The van der Waals surface area contributed by atoms with E-state index in [0.29, 0.717) is 39.5 Å². The Labute approximate surface area is 249 Å². The normalized spacial score (nSPS) is 11.9. The number of halogens is 3. The van der Waals surface area contributed by atoms with Crippen molar-refractivity contribution in [3.05, 3.63) is 87.4 Å². The monoisotopic (exact) mass is 625 g/mol. The second kappa shape index (κ2) is 14.1. The van der Waals surface area contributed by atoms with Gasteiger partial charge in [0.05, 0.1) is 27.2 Å². The average Bonchev–Trinajstić information content (AvgIpc) is 2.93. The summed E-state index contributed by atoms with van der Waals surface area (Å²) in [4.78, 5) is 27.9. The highest BCUT2D eigenvalue weighted by Crippen LogP contribution is 2.28. The summed E-state index contributed by atoms with van der Waals surface area (Å²) in [6, 6.07) is 16.0. The molecule has 8 nitrogen and oxygen atoms in total. The minimum Gasteiger partial charge on any atom is -0.494 e. The molecule has 1 atom stereocenters. The van der Waals surface area contributed by atoms with Crippen LogP contribution in [0.5, 0.6) is 5.75 Å². The number of nitrogens with one attached hydrogen (secondary N) is 1. The van der Waals surface area contributed by atoms with Crippen LogP contribution in [-0.4, -0.2) is 50.9 Å². The third-order valence-electron chi connectivity index (χ3n) is 5.97. The first-order valence-corrected chi connectivity index (χ1v) is 15.1. The van der Waals surface area contributed by atoms with Gasteiger partial charge in [0.2, 0.25) is 11.8 Å². The third kappa shape index (κ3) is 7.81. The molecule has 0 unspecified atom stereocenters. The Hall–Kier alpha value is -2.98. The van der Waals surface area contributed by atoms with Crippen molar-refractivity contribution in [2.24, 2.45) is 0 Å². The number of rotatable bonds is 12. The number of carbonyl (C=O) groups is 2. The Kier molecular flexibility index (Phi) is 11.1. The summed E-state index contributed by atoms with van der Waals surface area (Å²) < 4.78 is 34.1. The van der Waals surface area contributed by atoms with Crippen molar-refractivity contribution in [2.75, 3.05) is 24.0 Å². The van der Waals surface area contributed by atoms with Gasteiger partial charge in [0.1, 0.15) is 18.3 Å². The van der Waals surface area contributed by atoms with Crippen LogP contribution in [0.2, 0.25) is 15.1 Å². The molecule has 1 N–H and O–H groups in total. The van der Waals surface area contributed by atoms with Crippen LogP contribution in [0.25, 0.3) is 0 Å². The summed E-state index contributed by atoms with van der Waals surface area (Å²) >= 11 is 18.2. The standard InChI is InChI=1S/C28H30Cl3N3O5S/c1-4-32-28(36)19(3)33(17-20-6-15-25(30)26(31)16-20)27(35)18-34(22-9-11-23(12-10-22)39-5-2)40(37,38)24-13-7-21(29)8-14-24/h6-16,19H,4-5,17-18H2,1-3H3,(H,32,36)/t19-/m1/s1. The van der Waals surface area contributed by atoms with Crippen molar-refractivity contribution in [2.45, 2.75) is 38.3 Å². The summed E-state index contributed by atoms with van der Waals surface area (Å²) in [7, 11) is -4.22. The van der Waals surface area contributed by atoms with Crippen molar-refractivity contribution in [1.82, 2.24) is 10.2 Å². The highest BCUT2D eigenvalue weighted by atomic mass is 35.5. The van der Waals surface area contributed by atoms with E-state index in [1.54, 1.807) is 56.3 Å². The van der Waals surface area contributed by atoms with Gasteiger partial charge in [-0.25, -0.2) is 8.42 Å². The number of hydrogen-bond acceptors (Lipinski definition) is 5. The molecule has 0 aliphatic carbocycles. The number of hydrogen-bond donors (Lipinski definition) is 1. The number of anilines is 1. The largest absolute Gasteiger partial charge is 0.494 e. The van der Waals surface area contributed by atoms with Crippen LogP contribution >= 0.6 is 34.8 Å². The highest BCUT2D eigenvalue weighted by molar-refractivity contribution is 7.92. The molecule has 0 fully saturated rings. The Morgan fingerprint density at radius 2 is 1.57 bits per heavy atom. The van der Waals surface area contributed by atoms with E-state index in [1.807, 2.05) is 6.92 Å². The SMILES string of the molecule is CCNC(=O)[C@@H](C)N(Cc1ccc(Cl)c(Cl)c1)C(=O)CN(c1ccc(OCC)cc1)S(=O)(=O)c1ccc(Cl)cc1. The fraction of sp³-hybridized carbons (Fsp3) is 0.286. The van der Waals surface area contributed by atoms with Gasteiger partial charge in [-0.2, -0.15) is 0 Å². The van der Waals surface area contributed by atoms with Gasteiger partial charge in [0, 0.05) is 18.1 Å². The molecule has 40 heavy (non-hydrogen) atoms. The molecule has 0 saturated carbocycles. The minimum absolute atomic E-state index is 0.00780. The second-order valence-electron chi connectivity index (χ2n) is 8.73. The maximum absolute atomic E-state index is 13.9. The van der Waals surface area contributed by atoms with Gasteiger partial charge < -0.3 is 15.0 Å². The Balaban J connectivity index is 2.04. The zero-order valence-corrected chi connectivity index (χ0v) is 25.3. The predicted molar refractivity (Wildman–Crippen MR) is 159 cm³/mol. The maximum Gasteiger partial charge on any atom is 0.264 e. The third-order valence-corrected chi connectivity index (χ3v) is 8.75. The Morgan fingerprint density at radius 1 is 0.925 bits per heavy atom. The molecule has 0 radical (unpaired) electrons. The molecule has 12 heteroatoms. The average molecular weight is 627 g/mol. The molecule has 0 saturated heterocycles. The van der Waals surface area contributed by atoms with E-state index in [9.17, 15) is 18.0 Å². The Bertz CT molecular complexity index is 1430. The maximum atomic E-state index is 13.9. The number of sulfonamides is 1. The molecule has 0 spiro atoms. The van der Waals surface area contributed by atoms with Gasteiger partial charge in [-0.15, -0.1) is 0 Å². The second-order valence-corrected chi connectivity index (χ2v) is 11.8. The lowest BCUT2D eigenvalue weighted by Gasteiger charge is -2.32. The van der Waals surface area contributed by atoms with Crippen LogP contribution in [0.4, 0.5) is 5.69 Å². The van der Waals surface area contributed by atoms with Crippen molar-refractivity contribution in [3.8, 4) is 5.75 Å². The summed E-state index contributed by atoms with van der Waals surface area (Å²) in [5.74, 6) is -0.437. The first-order chi connectivity index (χ1) is 19.0. The van der Waals surface area contributed by atoms with Gasteiger partial charge in [0.25, 0.3) is 10.0 Å². The fourth-order valence-electron chi connectivity index (χ4n) is 3.88. The molecule has 0 aromatic heterocycles. The summed E-state index contributed by atoms with van der Waals surface area (Å²) in [5, 5.41) is 3.71. The number of likely N-dealkylation sites (N-methyl/N-ethyl adjacent to an activating group) is 1. The molecule has 0 bridgehead atoms. The molecule has 0 aliphatic heterocycles.